The van der Waals surface area contributed by atoms with Crippen LogP contribution in [-0.4, -0.2) is 9.13 Å². The maximum Gasteiger partial charge on any atom is 0.417 e. The molecule has 60 heavy (non-hydrogen) atoms. The predicted molar refractivity (Wildman–Crippen MR) is 237 cm³/mol. The summed E-state index contributed by atoms with van der Waals surface area (Å²) in [4.78, 5) is 3.93. The molecule has 0 N–H and O–H groups in total. The number of fused-ring (bicyclic) bond motifs is 6. The smallest absolute Gasteiger partial charge is 0.308 e. The van der Waals surface area contributed by atoms with Crippen molar-refractivity contribution in [2.75, 3.05) is 0 Å². The van der Waals surface area contributed by atoms with Gasteiger partial charge in [-0.2, -0.15) is 18.4 Å². The second-order valence-corrected chi connectivity index (χ2v) is 15.1. The summed E-state index contributed by atoms with van der Waals surface area (Å²) in [6, 6.07) is 54.2. The zero-order valence-electron chi connectivity index (χ0n) is 32.5. The molecule has 286 valence electrons. The molecule has 10 aromatic rings. The van der Waals surface area contributed by atoms with E-state index >= 15 is 0 Å². The molecule has 4 nitrogen and oxygen atoms in total. The van der Waals surface area contributed by atoms with Crippen molar-refractivity contribution in [3.63, 3.8) is 0 Å². The van der Waals surface area contributed by atoms with Crippen LogP contribution in [0.5, 0.6) is 0 Å². The Balaban J connectivity index is 1.39. The number of benzene rings is 8. The van der Waals surface area contributed by atoms with Crippen LogP contribution in [0.1, 0.15) is 22.3 Å². The lowest BCUT2D eigenvalue weighted by molar-refractivity contribution is -0.137. The minimum absolute atomic E-state index is 0.0475. The summed E-state index contributed by atoms with van der Waals surface area (Å²) in [5.74, 6) is 0. The van der Waals surface area contributed by atoms with Crippen LogP contribution in [0.15, 0.2) is 164 Å². The van der Waals surface area contributed by atoms with Crippen molar-refractivity contribution in [2.24, 2.45) is 0 Å². The average molecular weight is 783 g/mol. The Morgan fingerprint density at radius 1 is 0.500 bits per heavy atom. The van der Waals surface area contributed by atoms with Crippen molar-refractivity contribution in [3.05, 3.63) is 197 Å². The molecule has 0 amide bonds. The van der Waals surface area contributed by atoms with Gasteiger partial charge in [0.05, 0.1) is 57.2 Å². The van der Waals surface area contributed by atoms with E-state index in [0.29, 0.717) is 11.4 Å². The molecule has 0 aliphatic carbocycles. The fourth-order valence-electron chi connectivity index (χ4n) is 8.90. The van der Waals surface area contributed by atoms with Gasteiger partial charge < -0.3 is 9.13 Å². The SMILES string of the molecule is [C-]#[N+]c1cc(-n2c3ccccc3c3ccc(-c4ccccc4C)cc32)c(-n2c3ccccc3c3ccc(-c4ccccc4C)cc32)cc1-c1ccc(C#N)cc1C(F)(F)F. The van der Waals surface area contributed by atoms with Crippen LogP contribution in [0.4, 0.5) is 18.9 Å². The van der Waals surface area contributed by atoms with E-state index in [1.54, 1.807) is 12.1 Å². The van der Waals surface area contributed by atoms with E-state index in [0.717, 1.165) is 83.1 Å². The molecule has 0 aliphatic heterocycles. The first kappa shape index (κ1) is 36.5. The summed E-state index contributed by atoms with van der Waals surface area (Å²) in [5, 5.41) is 13.6. The van der Waals surface area contributed by atoms with E-state index in [-0.39, 0.29) is 22.4 Å². The first-order valence-corrected chi connectivity index (χ1v) is 19.5. The Bertz CT molecular complexity index is 3480. The van der Waals surface area contributed by atoms with Gasteiger partial charge in [0.1, 0.15) is 0 Å². The molecule has 0 unspecified atom stereocenters. The fraction of sp³-hybridized carbons (Fsp3) is 0.0566. The standard InChI is InChI=1S/C53H33F3N4/c1-32-12-4-6-14-37(32)35-21-24-42-40-16-8-10-18-47(40)59(49(42)27-35)51-29-44(39-23-20-34(31-57)26-45(39)53(54,55)56)46(58-3)30-52(51)60-48-19-11-9-17-41(48)43-25-22-36(28-50(43)60)38-15-7-5-13-33(38)2/h4-30H,1-2H3. The lowest BCUT2D eigenvalue weighted by Gasteiger charge is -2.21. The molecule has 8 aromatic carbocycles. The summed E-state index contributed by atoms with van der Waals surface area (Å²) in [5.41, 5.74) is 9.99. The molecule has 0 fully saturated rings. The number of aryl methyl sites for hydroxylation is 2. The Labute approximate surface area is 344 Å². The van der Waals surface area contributed by atoms with E-state index in [1.165, 1.54) is 12.1 Å². The van der Waals surface area contributed by atoms with Crippen molar-refractivity contribution < 1.29 is 13.2 Å². The summed E-state index contributed by atoms with van der Waals surface area (Å²) in [7, 11) is 0. The Morgan fingerprint density at radius 2 is 0.983 bits per heavy atom. The minimum Gasteiger partial charge on any atom is -0.308 e. The van der Waals surface area contributed by atoms with E-state index in [4.69, 9.17) is 6.57 Å². The topological polar surface area (TPSA) is 38.0 Å². The maximum absolute atomic E-state index is 15.0. The molecule has 0 atom stereocenters. The number of para-hydroxylation sites is 2. The highest BCUT2D eigenvalue weighted by atomic mass is 19.4. The molecule has 0 bridgehead atoms. The van der Waals surface area contributed by atoms with Crippen LogP contribution in [0.2, 0.25) is 0 Å². The van der Waals surface area contributed by atoms with Gasteiger partial charge in [-0.25, -0.2) is 4.85 Å². The summed E-state index contributed by atoms with van der Waals surface area (Å²) < 4.78 is 49.2. The van der Waals surface area contributed by atoms with Crippen LogP contribution in [0, 0.1) is 31.8 Å². The van der Waals surface area contributed by atoms with E-state index in [1.807, 2.05) is 66.7 Å². The molecular weight excluding hydrogens is 750 g/mol. The Hall–Kier alpha value is -7.87. The van der Waals surface area contributed by atoms with Gasteiger partial charge in [0.25, 0.3) is 0 Å². The van der Waals surface area contributed by atoms with Gasteiger partial charge in [-0.15, -0.1) is 0 Å². The number of alkyl halides is 3. The lowest BCUT2D eigenvalue weighted by Crippen LogP contribution is -2.09. The second-order valence-electron chi connectivity index (χ2n) is 15.1. The predicted octanol–water partition coefficient (Wildman–Crippen LogP) is 14.9. The highest BCUT2D eigenvalue weighted by Gasteiger charge is 2.35. The quantitative estimate of drug-likeness (QED) is 0.160. The number of halogens is 3. The summed E-state index contributed by atoms with van der Waals surface area (Å²) in [6.07, 6.45) is -4.80. The molecule has 0 aliphatic rings. The second kappa shape index (κ2) is 13.9. The maximum atomic E-state index is 15.0. The van der Waals surface area contributed by atoms with Gasteiger partial charge in [-0.05, 0) is 107 Å². The fourth-order valence-corrected chi connectivity index (χ4v) is 8.90. The first-order valence-electron chi connectivity index (χ1n) is 19.5. The van der Waals surface area contributed by atoms with Gasteiger partial charge >= 0.3 is 6.18 Å². The van der Waals surface area contributed by atoms with Crippen LogP contribution < -0.4 is 0 Å². The van der Waals surface area contributed by atoms with Crippen LogP contribution in [0.25, 0.3) is 93.2 Å². The molecule has 0 saturated carbocycles. The van der Waals surface area contributed by atoms with E-state index in [9.17, 15) is 18.4 Å². The van der Waals surface area contributed by atoms with Crippen molar-refractivity contribution in [1.29, 1.82) is 5.26 Å². The Morgan fingerprint density at radius 3 is 1.48 bits per heavy atom. The zero-order chi connectivity index (χ0) is 41.3. The largest absolute Gasteiger partial charge is 0.417 e. The van der Waals surface area contributed by atoms with Crippen molar-refractivity contribution in [1.82, 2.24) is 9.13 Å². The summed E-state index contributed by atoms with van der Waals surface area (Å²) in [6.45, 7) is 12.6. The van der Waals surface area contributed by atoms with Gasteiger partial charge in [0.15, 0.2) is 5.69 Å². The Kier molecular flexibility index (Phi) is 8.45. The lowest BCUT2D eigenvalue weighted by atomic mass is 9.94. The summed E-state index contributed by atoms with van der Waals surface area (Å²) >= 11 is 0. The number of rotatable bonds is 5. The van der Waals surface area contributed by atoms with Gasteiger partial charge in [-0.3, -0.25) is 0 Å². The molecule has 2 aromatic heterocycles. The van der Waals surface area contributed by atoms with Gasteiger partial charge in [-0.1, -0.05) is 115 Å². The normalized spacial score (nSPS) is 11.7. The van der Waals surface area contributed by atoms with Crippen LogP contribution in [0.3, 0.4) is 0 Å². The highest BCUT2D eigenvalue weighted by molar-refractivity contribution is 6.13. The van der Waals surface area contributed by atoms with Gasteiger partial charge in [0.2, 0.25) is 0 Å². The first-order chi connectivity index (χ1) is 29.1. The number of nitrogens with zero attached hydrogens (tertiary/aromatic N) is 4. The van der Waals surface area contributed by atoms with Crippen molar-refractivity contribution >= 4 is 49.3 Å². The van der Waals surface area contributed by atoms with Crippen molar-refractivity contribution in [3.8, 4) is 50.8 Å². The number of hydrogen-bond acceptors (Lipinski definition) is 1. The third kappa shape index (κ3) is 5.74. The van der Waals surface area contributed by atoms with Gasteiger partial charge in [0, 0.05) is 21.5 Å². The molecule has 10 rings (SSSR count). The monoisotopic (exact) mass is 782 g/mol. The molecule has 0 saturated heterocycles. The highest BCUT2D eigenvalue weighted by Crippen LogP contribution is 2.47. The number of nitriles is 1. The molecule has 7 heteroatoms. The molecule has 2 heterocycles. The molecular formula is C53H33F3N4. The average Bonchev–Trinajstić information content (AvgIpc) is 3.77. The van der Waals surface area contributed by atoms with Crippen LogP contribution >= 0.6 is 0 Å². The van der Waals surface area contributed by atoms with Crippen molar-refractivity contribution in [2.45, 2.75) is 20.0 Å². The minimum atomic E-state index is -4.80. The number of hydrogen-bond donors (Lipinski definition) is 0. The third-order valence-corrected chi connectivity index (χ3v) is 11.7. The van der Waals surface area contributed by atoms with Crippen LogP contribution in [-0.2, 0) is 6.18 Å². The van der Waals surface area contributed by atoms with E-state index in [2.05, 4.69) is 101 Å². The molecule has 0 spiro atoms. The van der Waals surface area contributed by atoms with E-state index < -0.39 is 11.7 Å². The number of aromatic nitrogens is 2. The zero-order valence-corrected chi connectivity index (χ0v) is 32.5. The third-order valence-electron chi connectivity index (χ3n) is 11.7. The molecule has 0 radical (unpaired) electrons.